The van der Waals surface area contributed by atoms with E-state index in [0.29, 0.717) is 11.6 Å². The van der Waals surface area contributed by atoms with E-state index in [2.05, 4.69) is 4.98 Å². The molecule has 0 aliphatic carbocycles. The Balaban J connectivity index is 2.66. The Morgan fingerprint density at radius 1 is 1.22 bits per heavy atom. The van der Waals surface area contributed by atoms with E-state index >= 15 is 0 Å². The van der Waals surface area contributed by atoms with Gasteiger partial charge in [-0.25, -0.2) is 0 Å². The predicted octanol–water partition coefficient (Wildman–Crippen LogP) is 3.86. The summed E-state index contributed by atoms with van der Waals surface area (Å²) in [5.74, 6) is 0. The summed E-state index contributed by atoms with van der Waals surface area (Å²) in [6, 6.07) is 11.4. The highest BCUT2D eigenvalue weighted by Gasteiger charge is 2.20. The van der Waals surface area contributed by atoms with E-state index in [0.717, 1.165) is 16.8 Å². The van der Waals surface area contributed by atoms with Crippen molar-refractivity contribution in [1.82, 2.24) is 4.98 Å². The summed E-state index contributed by atoms with van der Waals surface area (Å²) in [6.07, 6.45) is 2.04. The van der Waals surface area contributed by atoms with Crippen LogP contribution in [0.5, 0.6) is 0 Å². The van der Waals surface area contributed by atoms with Crippen molar-refractivity contribution in [2.75, 3.05) is 0 Å². The second kappa shape index (κ2) is 5.07. The van der Waals surface area contributed by atoms with E-state index in [1.54, 1.807) is 0 Å². The highest BCUT2D eigenvalue weighted by Crippen LogP contribution is 2.18. The van der Waals surface area contributed by atoms with Crippen LogP contribution >= 0.6 is 0 Å². The summed E-state index contributed by atoms with van der Waals surface area (Å²) in [5.41, 5.74) is 2.40. The van der Waals surface area contributed by atoms with Gasteiger partial charge in [-0.2, -0.15) is 0 Å². The van der Waals surface area contributed by atoms with Crippen LogP contribution in [0.2, 0.25) is 19.5 Å². The van der Waals surface area contributed by atoms with Crippen molar-refractivity contribution in [3.05, 3.63) is 48.2 Å². The standard InChI is InChI=1S/C16H21NSi/c1-5-13-11-15(14-9-7-6-8-10-14)17-12-16(13)18(2,3)4/h6-12H,5H2,1-4H3/i2D3,3D3. The van der Waals surface area contributed by atoms with E-state index in [-0.39, 0.29) is 0 Å². The molecule has 0 fully saturated rings. The lowest BCUT2D eigenvalue weighted by molar-refractivity contribution is 1.13. The molecule has 18 heavy (non-hydrogen) atoms. The lowest BCUT2D eigenvalue weighted by atomic mass is 10.1. The third kappa shape index (κ3) is 2.70. The number of pyridine rings is 1. The van der Waals surface area contributed by atoms with Crippen molar-refractivity contribution in [2.45, 2.75) is 32.8 Å². The van der Waals surface area contributed by atoms with Gasteiger partial charge in [-0.1, -0.05) is 56.8 Å². The summed E-state index contributed by atoms with van der Waals surface area (Å²) in [4.78, 5) is 4.39. The van der Waals surface area contributed by atoms with Crippen molar-refractivity contribution in [1.29, 1.82) is 0 Å². The molecule has 0 atom stereocenters. The van der Waals surface area contributed by atoms with E-state index in [9.17, 15) is 0 Å². The highest BCUT2D eigenvalue weighted by molar-refractivity contribution is 6.89. The molecule has 1 aromatic carbocycles. The molecule has 1 heterocycles. The predicted molar refractivity (Wildman–Crippen MR) is 82.0 cm³/mol. The normalized spacial score (nSPS) is 17.9. The van der Waals surface area contributed by atoms with Crippen LogP contribution in [0.4, 0.5) is 0 Å². The minimum atomic E-state index is -3.78. The fourth-order valence-corrected chi connectivity index (χ4v) is 3.22. The fourth-order valence-electron chi connectivity index (χ4n) is 2.01. The van der Waals surface area contributed by atoms with E-state index in [4.69, 9.17) is 8.22 Å². The number of hydrogen-bond acceptors (Lipinski definition) is 1. The molecule has 0 radical (unpaired) electrons. The lowest BCUT2D eigenvalue weighted by Gasteiger charge is -2.20. The molecule has 94 valence electrons. The second-order valence-electron chi connectivity index (χ2n) is 4.57. The monoisotopic (exact) mass is 261 g/mol. The summed E-state index contributed by atoms with van der Waals surface area (Å²) < 4.78 is 47.3. The fraction of sp³-hybridized carbons (Fsp3) is 0.312. The molecule has 1 nitrogen and oxygen atoms in total. The minimum Gasteiger partial charge on any atom is -0.256 e. The molecule has 0 spiro atoms. The van der Waals surface area contributed by atoms with Gasteiger partial charge in [0.1, 0.15) is 0 Å². The number of rotatable bonds is 3. The van der Waals surface area contributed by atoms with Gasteiger partial charge in [0.2, 0.25) is 0 Å². The number of hydrogen-bond donors (Lipinski definition) is 0. The van der Waals surface area contributed by atoms with Gasteiger partial charge < -0.3 is 0 Å². The number of benzene rings is 1. The maximum atomic E-state index is 7.88. The molecule has 0 saturated carbocycles. The molecule has 0 aliphatic rings. The maximum Gasteiger partial charge on any atom is 0.0799 e. The van der Waals surface area contributed by atoms with E-state index in [1.807, 2.05) is 43.3 Å². The maximum absolute atomic E-state index is 7.88. The van der Waals surface area contributed by atoms with Gasteiger partial charge in [-0.05, 0) is 23.2 Å². The van der Waals surface area contributed by atoms with Crippen molar-refractivity contribution in [3.63, 3.8) is 0 Å². The summed E-state index contributed by atoms with van der Waals surface area (Å²) in [5, 5.41) is 0.407. The summed E-state index contributed by atoms with van der Waals surface area (Å²) >= 11 is 0. The quantitative estimate of drug-likeness (QED) is 0.765. The second-order valence-corrected chi connectivity index (χ2v) is 7.36. The highest BCUT2D eigenvalue weighted by atomic mass is 28.3. The molecule has 0 aliphatic heterocycles. The largest absolute Gasteiger partial charge is 0.256 e. The van der Waals surface area contributed by atoms with Gasteiger partial charge >= 0.3 is 0 Å². The van der Waals surface area contributed by atoms with Gasteiger partial charge in [0.05, 0.1) is 13.8 Å². The van der Waals surface area contributed by atoms with Gasteiger partial charge in [0, 0.05) is 20.0 Å². The average molecular weight is 261 g/mol. The molecule has 0 N–H and O–H groups in total. The van der Waals surface area contributed by atoms with Crippen molar-refractivity contribution in [2.24, 2.45) is 0 Å². The molecule has 2 aromatic rings. The van der Waals surface area contributed by atoms with Gasteiger partial charge in [0.25, 0.3) is 0 Å². The van der Waals surface area contributed by atoms with Crippen LogP contribution in [0, 0.1) is 0 Å². The zero-order valence-corrected chi connectivity index (χ0v) is 11.7. The average Bonchev–Trinajstić information content (AvgIpc) is 2.52. The van der Waals surface area contributed by atoms with Crippen molar-refractivity contribution < 1.29 is 8.22 Å². The van der Waals surface area contributed by atoms with E-state index < -0.39 is 21.0 Å². The van der Waals surface area contributed by atoms with Crippen molar-refractivity contribution in [3.8, 4) is 11.3 Å². The molecule has 0 bridgehead atoms. The van der Waals surface area contributed by atoms with Gasteiger partial charge in [-0.3, -0.25) is 4.98 Å². The Labute approximate surface area is 119 Å². The van der Waals surface area contributed by atoms with Crippen LogP contribution < -0.4 is 5.19 Å². The SMILES string of the molecule is [2H]C([2H])([2H])[Si](C)(c1cnc(-c2ccccc2)cc1CC)C([2H])([2H])[2H]. The van der Waals surface area contributed by atoms with Crippen LogP contribution in [0.1, 0.15) is 20.7 Å². The van der Waals surface area contributed by atoms with Gasteiger partial charge in [0.15, 0.2) is 0 Å². The minimum absolute atomic E-state index is 0.407. The molecule has 1 aromatic heterocycles. The molecule has 2 heteroatoms. The van der Waals surface area contributed by atoms with Gasteiger partial charge in [-0.15, -0.1) is 0 Å². The molecule has 0 unspecified atom stereocenters. The van der Waals surface area contributed by atoms with Crippen LogP contribution in [0.3, 0.4) is 0 Å². The van der Waals surface area contributed by atoms with Crippen LogP contribution in [0.15, 0.2) is 42.6 Å². The Bertz CT molecular complexity index is 695. The topological polar surface area (TPSA) is 12.9 Å². The lowest BCUT2D eigenvalue weighted by Crippen LogP contribution is -2.40. The third-order valence-corrected chi connectivity index (χ3v) is 4.51. The number of nitrogens with zero attached hydrogens (tertiary/aromatic N) is 1. The van der Waals surface area contributed by atoms with Crippen LogP contribution in [0.25, 0.3) is 11.3 Å². The summed E-state index contributed by atoms with van der Waals surface area (Å²) in [7, 11) is -3.78. The van der Waals surface area contributed by atoms with E-state index in [1.165, 1.54) is 12.7 Å². The molecular formula is C16H21NSi. The smallest absolute Gasteiger partial charge is 0.0799 e. The first kappa shape index (κ1) is 7.24. The third-order valence-electron chi connectivity index (χ3n) is 2.98. The Morgan fingerprint density at radius 2 is 1.94 bits per heavy atom. The van der Waals surface area contributed by atoms with Crippen molar-refractivity contribution >= 4 is 13.3 Å². The molecular weight excluding hydrogens is 234 g/mol. The molecule has 0 saturated heterocycles. The Morgan fingerprint density at radius 3 is 2.56 bits per heavy atom. The zero-order chi connectivity index (χ0) is 18.2. The first-order valence-electron chi connectivity index (χ1n) is 9.07. The number of aromatic nitrogens is 1. The molecule has 0 amide bonds. The Kier molecular flexibility index (Phi) is 2.04. The summed E-state index contributed by atoms with van der Waals surface area (Å²) in [6.45, 7) is -1.73. The van der Waals surface area contributed by atoms with Crippen LogP contribution in [-0.2, 0) is 6.42 Å². The Hall–Kier alpha value is -1.41. The number of aryl methyl sites for hydroxylation is 1. The zero-order valence-electron chi connectivity index (χ0n) is 16.7. The first-order valence-corrected chi connectivity index (χ1v) is 8.57. The first-order chi connectivity index (χ1) is 11.0. The van der Waals surface area contributed by atoms with Crippen LogP contribution in [-0.4, -0.2) is 13.1 Å². The molecule has 2 rings (SSSR count).